The quantitative estimate of drug-likeness (QED) is 0.158. The molecule has 2 heteroatoms. The zero-order valence-electron chi connectivity index (χ0n) is 31.8. The second kappa shape index (κ2) is 14.1. The maximum atomic E-state index is 2.46. The molecule has 2 nitrogen and oxygen atoms in total. The average molecular weight is 739 g/mol. The fourth-order valence-corrected chi connectivity index (χ4v) is 8.82. The minimum absolute atomic E-state index is 1.11. The predicted molar refractivity (Wildman–Crippen MR) is 246 cm³/mol. The average Bonchev–Trinajstić information content (AvgIpc) is 3.66. The lowest BCUT2D eigenvalue weighted by atomic mass is 9.97. The number of anilines is 3. The van der Waals surface area contributed by atoms with Crippen LogP contribution in [0.1, 0.15) is 0 Å². The van der Waals surface area contributed by atoms with Crippen LogP contribution < -0.4 is 4.90 Å². The van der Waals surface area contributed by atoms with Crippen LogP contribution >= 0.6 is 0 Å². The third-order valence-corrected chi connectivity index (χ3v) is 11.6. The Morgan fingerprint density at radius 3 is 1.48 bits per heavy atom. The number of aromatic nitrogens is 1. The Morgan fingerprint density at radius 1 is 0.293 bits per heavy atom. The van der Waals surface area contributed by atoms with Crippen LogP contribution in [0.4, 0.5) is 17.1 Å². The summed E-state index contributed by atoms with van der Waals surface area (Å²) in [6, 6.07) is 83.5. The maximum Gasteiger partial charge on any atom is 0.0619 e. The van der Waals surface area contributed by atoms with Gasteiger partial charge in [-0.15, -0.1) is 0 Å². The van der Waals surface area contributed by atoms with Crippen molar-refractivity contribution in [3.05, 3.63) is 231 Å². The molecule has 0 unspecified atom stereocenters. The van der Waals surface area contributed by atoms with E-state index >= 15 is 0 Å². The zero-order valence-corrected chi connectivity index (χ0v) is 31.8. The molecule has 0 bridgehead atoms. The van der Waals surface area contributed by atoms with Crippen LogP contribution in [0, 0.1) is 0 Å². The van der Waals surface area contributed by atoms with Crippen molar-refractivity contribution in [3.8, 4) is 44.5 Å². The normalized spacial score (nSPS) is 11.4. The SMILES string of the molecule is c1ccc(-c2ccc(N(c3ccc(-c4ccc(-c5cccc6c(-c7ccccc7)c7ccc8ccccc8n7c56)cc4)cc3)c3cccc4ccccc34)cc2)cc1. The molecular weight excluding hydrogens is 701 g/mol. The number of nitrogens with zero attached hydrogens (tertiary/aromatic N) is 2. The first-order valence-electron chi connectivity index (χ1n) is 19.9. The molecule has 11 rings (SSSR count). The Bertz CT molecular complexity index is 3230. The van der Waals surface area contributed by atoms with Gasteiger partial charge in [0.05, 0.1) is 22.2 Å². The molecule has 0 saturated heterocycles. The Morgan fingerprint density at radius 2 is 0.793 bits per heavy atom. The second-order valence-electron chi connectivity index (χ2n) is 14.9. The van der Waals surface area contributed by atoms with Crippen molar-refractivity contribution in [2.75, 3.05) is 4.90 Å². The molecule has 0 amide bonds. The lowest BCUT2D eigenvalue weighted by molar-refractivity contribution is 1.30. The van der Waals surface area contributed by atoms with Crippen LogP contribution in [0.5, 0.6) is 0 Å². The molecule has 2 aromatic heterocycles. The molecule has 272 valence electrons. The molecule has 0 radical (unpaired) electrons. The van der Waals surface area contributed by atoms with Crippen LogP contribution in [0.2, 0.25) is 0 Å². The Labute approximate surface area is 338 Å². The van der Waals surface area contributed by atoms with Crippen molar-refractivity contribution < 1.29 is 0 Å². The Kier molecular flexibility index (Phi) is 8.19. The van der Waals surface area contributed by atoms with E-state index in [0.29, 0.717) is 0 Å². The number of benzene rings is 9. The molecule has 0 aliphatic heterocycles. The minimum Gasteiger partial charge on any atom is -0.310 e. The first kappa shape index (κ1) is 33.6. The van der Waals surface area contributed by atoms with Crippen LogP contribution in [-0.4, -0.2) is 4.40 Å². The number of hydrogen-bond acceptors (Lipinski definition) is 1. The Balaban J connectivity index is 0.984. The van der Waals surface area contributed by atoms with Gasteiger partial charge in [-0.2, -0.15) is 0 Å². The monoisotopic (exact) mass is 738 g/mol. The molecule has 0 saturated carbocycles. The molecule has 0 atom stereocenters. The summed E-state index contributed by atoms with van der Waals surface area (Å²) in [5.41, 5.74) is 16.7. The molecular formula is C56H38N2. The molecule has 2 heterocycles. The smallest absolute Gasteiger partial charge is 0.0619 e. The second-order valence-corrected chi connectivity index (χ2v) is 14.9. The van der Waals surface area contributed by atoms with Gasteiger partial charge in [0.1, 0.15) is 0 Å². The van der Waals surface area contributed by atoms with Crippen LogP contribution in [0.25, 0.3) is 82.6 Å². The largest absolute Gasteiger partial charge is 0.310 e. The van der Waals surface area contributed by atoms with Crippen LogP contribution in [0.3, 0.4) is 0 Å². The standard InChI is InChI=1S/C56H38N2/c1-3-13-39(14-4-1)41-29-34-47(35-30-41)57(53-24-11-19-43-15-7-9-20-49(43)53)48-36-31-42(32-37-48)40-25-27-44(28-26-40)50-21-12-22-51-55(46-17-5-2-6-18-46)54-38-33-45-16-8-10-23-52(45)58(54)56(50)51/h1-38H. The molecule has 58 heavy (non-hydrogen) atoms. The lowest BCUT2D eigenvalue weighted by Crippen LogP contribution is -2.10. The number of rotatable bonds is 7. The molecule has 9 aromatic carbocycles. The summed E-state index contributed by atoms with van der Waals surface area (Å²) in [6.07, 6.45) is 0. The highest BCUT2D eigenvalue weighted by Crippen LogP contribution is 2.43. The predicted octanol–water partition coefficient (Wildman–Crippen LogP) is 15.5. The van der Waals surface area contributed by atoms with Gasteiger partial charge in [0.15, 0.2) is 0 Å². The number of pyridine rings is 1. The topological polar surface area (TPSA) is 7.65 Å². The van der Waals surface area contributed by atoms with Crippen molar-refractivity contribution in [3.63, 3.8) is 0 Å². The van der Waals surface area contributed by atoms with Crippen LogP contribution in [-0.2, 0) is 0 Å². The van der Waals surface area contributed by atoms with Gasteiger partial charge >= 0.3 is 0 Å². The van der Waals surface area contributed by atoms with Gasteiger partial charge in [-0.3, -0.25) is 0 Å². The van der Waals surface area contributed by atoms with Gasteiger partial charge in [0.25, 0.3) is 0 Å². The van der Waals surface area contributed by atoms with Crippen molar-refractivity contribution in [1.82, 2.24) is 4.40 Å². The number of fused-ring (bicyclic) bond motifs is 6. The van der Waals surface area contributed by atoms with Gasteiger partial charge < -0.3 is 9.30 Å². The first-order valence-corrected chi connectivity index (χ1v) is 19.9. The van der Waals surface area contributed by atoms with Crippen molar-refractivity contribution >= 4 is 55.2 Å². The van der Waals surface area contributed by atoms with Gasteiger partial charge in [0.2, 0.25) is 0 Å². The first-order chi connectivity index (χ1) is 28.8. The van der Waals surface area contributed by atoms with E-state index in [9.17, 15) is 0 Å². The third kappa shape index (κ3) is 5.74. The molecule has 0 fully saturated rings. The Hall–Kier alpha value is -7.68. The minimum atomic E-state index is 1.11. The maximum absolute atomic E-state index is 2.46. The van der Waals surface area contributed by atoms with E-state index in [2.05, 4.69) is 240 Å². The van der Waals surface area contributed by atoms with E-state index in [1.807, 2.05) is 0 Å². The van der Waals surface area contributed by atoms with Gasteiger partial charge in [-0.05, 0) is 86.6 Å². The summed E-state index contributed by atoms with van der Waals surface area (Å²) in [5.74, 6) is 0. The van der Waals surface area contributed by atoms with E-state index in [-0.39, 0.29) is 0 Å². The molecule has 0 aliphatic carbocycles. The lowest BCUT2D eigenvalue weighted by Gasteiger charge is -2.27. The molecule has 0 N–H and O–H groups in total. The molecule has 11 aromatic rings. The van der Waals surface area contributed by atoms with Gasteiger partial charge in [0, 0.05) is 33.3 Å². The fourth-order valence-electron chi connectivity index (χ4n) is 8.82. The number of para-hydroxylation sites is 2. The summed E-state index contributed by atoms with van der Waals surface area (Å²) in [5, 5.41) is 4.91. The summed E-state index contributed by atoms with van der Waals surface area (Å²) in [6.45, 7) is 0. The van der Waals surface area contributed by atoms with E-state index in [1.165, 1.54) is 82.6 Å². The summed E-state index contributed by atoms with van der Waals surface area (Å²) in [7, 11) is 0. The highest BCUT2D eigenvalue weighted by atomic mass is 15.1. The summed E-state index contributed by atoms with van der Waals surface area (Å²) >= 11 is 0. The number of hydrogen-bond donors (Lipinski definition) is 0. The zero-order chi connectivity index (χ0) is 38.4. The summed E-state index contributed by atoms with van der Waals surface area (Å²) < 4.78 is 2.46. The highest BCUT2D eigenvalue weighted by molar-refractivity contribution is 6.13. The van der Waals surface area contributed by atoms with E-state index in [1.54, 1.807) is 0 Å². The van der Waals surface area contributed by atoms with Crippen molar-refractivity contribution in [2.45, 2.75) is 0 Å². The van der Waals surface area contributed by atoms with Crippen molar-refractivity contribution in [2.24, 2.45) is 0 Å². The molecule has 0 aliphatic rings. The van der Waals surface area contributed by atoms with Crippen LogP contribution in [0.15, 0.2) is 231 Å². The van der Waals surface area contributed by atoms with E-state index in [4.69, 9.17) is 0 Å². The fraction of sp³-hybridized carbons (Fsp3) is 0. The van der Waals surface area contributed by atoms with Crippen molar-refractivity contribution in [1.29, 1.82) is 0 Å². The summed E-state index contributed by atoms with van der Waals surface area (Å²) in [4.78, 5) is 2.37. The van der Waals surface area contributed by atoms with E-state index < -0.39 is 0 Å². The van der Waals surface area contributed by atoms with Gasteiger partial charge in [-0.25, -0.2) is 0 Å². The van der Waals surface area contributed by atoms with E-state index in [0.717, 1.165) is 17.1 Å². The highest BCUT2D eigenvalue weighted by Gasteiger charge is 2.19. The van der Waals surface area contributed by atoms with Gasteiger partial charge in [-0.1, -0.05) is 188 Å². The third-order valence-electron chi connectivity index (χ3n) is 11.6. The molecule has 0 spiro atoms.